The molecule has 1 aromatic rings. The topological polar surface area (TPSA) is 40.5 Å². The molecule has 6 heteroatoms. The van der Waals surface area contributed by atoms with E-state index in [0.29, 0.717) is 12.1 Å². The molecule has 0 radical (unpaired) electrons. The highest BCUT2D eigenvalue weighted by atomic mass is 19.4. The summed E-state index contributed by atoms with van der Waals surface area (Å²) < 4.78 is 50.5. The summed E-state index contributed by atoms with van der Waals surface area (Å²) in [7, 11) is 0. The van der Waals surface area contributed by atoms with E-state index >= 15 is 0 Å². The van der Waals surface area contributed by atoms with Crippen LogP contribution >= 0.6 is 0 Å². The Bertz CT molecular complexity index is 440. The highest BCUT2D eigenvalue weighted by molar-refractivity contribution is 5.29. The Morgan fingerprint density at radius 1 is 1.17 bits per heavy atom. The zero-order valence-electron chi connectivity index (χ0n) is 9.28. The Balaban J connectivity index is 2.28. The van der Waals surface area contributed by atoms with Gasteiger partial charge in [-0.05, 0) is 36.5 Å². The summed E-state index contributed by atoms with van der Waals surface area (Å²) in [6, 6.07) is 2.26. The van der Waals surface area contributed by atoms with Gasteiger partial charge in [-0.3, -0.25) is 0 Å². The standard InChI is InChI=1S/C12H12F4O2/c13-9-4-3-7(5-8(9)12(14,15)16)11(18)10(17)6-1-2-6/h3-6,10-11,17-18H,1-2H2. The van der Waals surface area contributed by atoms with Crippen molar-refractivity contribution in [1.82, 2.24) is 0 Å². The third kappa shape index (κ3) is 2.64. The van der Waals surface area contributed by atoms with Crippen molar-refractivity contribution in [3.05, 3.63) is 35.1 Å². The van der Waals surface area contributed by atoms with Gasteiger partial charge >= 0.3 is 6.18 Å². The molecule has 0 bridgehead atoms. The van der Waals surface area contributed by atoms with Gasteiger partial charge in [0.2, 0.25) is 0 Å². The number of alkyl halides is 3. The minimum absolute atomic E-state index is 0.0839. The molecule has 0 spiro atoms. The molecule has 2 atom stereocenters. The molecule has 2 nitrogen and oxygen atoms in total. The molecule has 0 aromatic heterocycles. The fourth-order valence-electron chi connectivity index (χ4n) is 1.84. The van der Waals surface area contributed by atoms with Gasteiger partial charge < -0.3 is 10.2 Å². The first kappa shape index (κ1) is 13.3. The second-order valence-electron chi connectivity index (χ2n) is 4.51. The average Bonchev–Trinajstić information content (AvgIpc) is 3.10. The number of halogens is 4. The zero-order valence-corrected chi connectivity index (χ0v) is 9.28. The zero-order chi connectivity index (χ0) is 13.5. The van der Waals surface area contributed by atoms with Gasteiger partial charge in [0, 0.05) is 0 Å². The summed E-state index contributed by atoms with van der Waals surface area (Å²) in [5.74, 6) is -1.47. The van der Waals surface area contributed by atoms with E-state index in [2.05, 4.69) is 0 Å². The van der Waals surface area contributed by atoms with Crippen LogP contribution in [0.5, 0.6) is 0 Å². The molecule has 2 N–H and O–H groups in total. The van der Waals surface area contributed by atoms with Crippen molar-refractivity contribution in [1.29, 1.82) is 0 Å². The summed E-state index contributed by atoms with van der Waals surface area (Å²) in [5.41, 5.74) is -1.55. The number of hydrogen-bond acceptors (Lipinski definition) is 2. The monoisotopic (exact) mass is 264 g/mol. The van der Waals surface area contributed by atoms with E-state index in [-0.39, 0.29) is 11.5 Å². The molecule has 2 unspecified atom stereocenters. The van der Waals surface area contributed by atoms with Crippen LogP contribution in [0.2, 0.25) is 0 Å². The number of benzene rings is 1. The quantitative estimate of drug-likeness (QED) is 0.824. The van der Waals surface area contributed by atoms with Crippen molar-refractivity contribution < 1.29 is 27.8 Å². The van der Waals surface area contributed by atoms with Crippen LogP contribution in [0.25, 0.3) is 0 Å². The van der Waals surface area contributed by atoms with Crippen molar-refractivity contribution in [3.8, 4) is 0 Å². The Labute approximate surface area is 101 Å². The summed E-state index contributed by atoms with van der Waals surface area (Å²) in [5, 5.41) is 19.4. The molecule has 0 saturated heterocycles. The molecule has 0 aliphatic heterocycles. The van der Waals surface area contributed by atoms with Crippen LogP contribution < -0.4 is 0 Å². The summed E-state index contributed by atoms with van der Waals surface area (Å²) >= 11 is 0. The van der Waals surface area contributed by atoms with E-state index < -0.39 is 29.8 Å². The molecule has 0 heterocycles. The summed E-state index contributed by atoms with van der Waals surface area (Å²) in [6.07, 6.45) is -5.85. The van der Waals surface area contributed by atoms with Gasteiger partial charge in [0.25, 0.3) is 0 Å². The average molecular weight is 264 g/mol. The van der Waals surface area contributed by atoms with Crippen molar-refractivity contribution in [2.24, 2.45) is 5.92 Å². The number of aliphatic hydroxyl groups is 2. The van der Waals surface area contributed by atoms with Gasteiger partial charge in [-0.15, -0.1) is 0 Å². The molecular formula is C12H12F4O2. The van der Waals surface area contributed by atoms with Gasteiger partial charge in [0.05, 0.1) is 11.7 Å². The van der Waals surface area contributed by atoms with Crippen LogP contribution in [-0.2, 0) is 6.18 Å². The van der Waals surface area contributed by atoms with Crippen molar-refractivity contribution in [3.63, 3.8) is 0 Å². The van der Waals surface area contributed by atoms with Gasteiger partial charge in [-0.25, -0.2) is 4.39 Å². The molecule has 18 heavy (non-hydrogen) atoms. The van der Waals surface area contributed by atoms with E-state index in [1.807, 2.05) is 0 Å². The van der Waals surface area contributed by atoms with Crippen LogP contribution in [0.3, 0.4) is 0 Å². The van der Waals surface area contributed by atoms with E-state index in [9.17, 15) is 27.8 Å². The Morgan fingerprint density at radius 3 is 2.28 bits per heavy atom. The lowest BCUT2D eigenvalue weighted by Gasteiger charge is -2.19. The van der Waals surface area contributed by atoms with Crippen LogP contribution in [-0.4, -0.2) is 16.3 Å². The van der Waals surface area contributed by atoms with E-state index in [4.69, 9.17) is 0 Å². The van der Waals surface area contributed by atoms with Crippen molar-refractivity contribution >= 4 is 0 Å². The smallest absolute Gasteiger partial charge is 0.390 e. The minimum Gasteiger partial charge on any atom is -0.390 e. The predicted molar refractivity (Wildman–Crippen MR) is 55.1 cm³/mol. The molecule has 0 amide bonds. The molecule has 1 aliphatic carbocycles. The fraction of sp³-hybridized carbons (Fsp3) is 0.500. The number of rotatable bonds is 3. The summed E-state index contributed by atoms with van der Waals surface area (Å²) in [6.45, 7) is 0. The second kappa shape index (κ2) is 4.51. The van der Waals surface area contributed by atoms with Gasteiger partial charge in [-0.2, -0.15) is 13.2 Å². The lowest BCUT2D eigenvalue weighted by Crippen LogP contribution is -2.21. The largest absolute Gasteiger partial charge is 0.419 e. The minimum atomic E-state index is -4.82. The third-order valence-corrected chi connectivity index (χ3v) is 3.07. The third-order valence-electron chi connectivity index (χ3n) is 3.07. The lowest BCUT2D eigenvalue weighted by atomic mass is 9.99. The first-order valence-electron chi connectivity index (χ1n) is 5.53. The second-order valence-corrected chi connectivity index (χ2v) is 4.51. The maximum absolute atomic E-state index is 13.0. The first-order chi connectivity index (χ1) is 8.30. The highest BCUT2D eigenvalue weighted by Crippen LogP contribution is 2.39. The molecule has 1 fully saturated rings. The van der Waals surface area contributed by atoms with Crippen LogP contribution in [0.15, 0.2) is 18.2 Å². The van der Waals surface area contributed by atoms with Crippen molar-refractivity contribution in [2.75, 3.05) is 0 Å². The van der Waals surface area contributed by atoms with Gasteiger partial charge in [-0.1, -0.05) is 6.07 Å². The van der Waals surface area contributed by atoms with E-state index in [0.717, 1.165) is 18.9 Å². The predicted octanol–water partition coefficient (Wildman–Crippen LogP) is 2.65. The molecule has 100 valence electrons. The maximum Gasteiger partial charge on any atom is 0.419 e. The van der Waals surface area contributed by atoms with Crippen LogP contribution in [0.4, 0.5) is 17.6 Å². The molecular weight excluding hydrogens is 252 g/mol. The van der Waals surface area contributed by atoms with E-state index in [1.165, 1.54) is 0 Å². The molecule has 2 rings (SSSR count). The molecule has 1 saturated carbocycles. The Morgan fingerprint density at radius 2 is 1.78 bits per heavy atom. The number of hydrogen-bond donors (Lipinski definition) is 2. The number of aliphatic hydroxyl groups excluding tert-OH is 2. The maximum atomic E-state index is 13.0. The first-order valence-corrected chi connectivity index (χ1v) is 5.53. The normalized spacial score (nSPS) is 19.7. The van der Waals surface area contributed by atoms with E-state index in [1.54, 1.807) is 0 Å². The summed E-state index contributed by atoms with van der Waals surface area (Å²) in [4.78, 5) is 0. The van der Waals surface area contributed by atoms with Gasteiger partial charge in [0.1, 0.15) is 11.9 Å². The fourth-order valence-corrected chi connectivity index (χ4v) is 1.84. The highest BCUT2D eigenvalue weighted by Gasteiger charge is 2.38. The Hall–Kier alpha value is -1.14. The van der Waals surface area contributed by atoms with Crippen LogP contribution in [0, 0.1) is 11.7 Å². The molecule has 1 aliphatic rings. The molecule has 1 aromatic carbocycles. The SMILES string of the molecule is OC(c1ccc(F)c(C(F)(F)F)c1)C(O)C1CC1. The Kier molecular flexibility index (Phi) is 3.33. The lowest BCUT2D eigenvalue weighted by molar-refractivity contribution is -0.140. The van der Waals surface area contributed by atoms with Crippen molar-refractivity contribution in [2.45, 2.75) is 31.2 Å². The van der Waals surface area contributed by atoms with Gasteiger partial charge in [0.15, 0.2) is 0 Å². The van der Waals surface area contributed by atoms with Crippen LogP contribution in [0.1, 0.15) is 30.1 Å².